The van der Waals surface area contributed by atoms with Crippen LogP contribution in [0.25, 0.3) is 0 Å². The SMILES string of the molecule is CC(C)CCS(=O)(=O)NC1(c2ccc(F)cc2)CCCC1. The Hall–Kier alpha value is -0.940. The molecular formula is C16H24FNO2S. The summed E-state index contributed by atoms with van der Waals surface area (Å²) in [5.41, 5.74) is 0.318. The molecule has 0 heterocycles. The summed E-state index contributed by atoms with van der Waals surface area (Å²) in [6.07, 6.45) is 4.18. The Morgan fingerprint density at radius 3 is 2.29 bits per heavy atom. The highest BCUT2D eigenvalue weighted by atomic mass is 32.2. The van der Waals surface area contributed by atoms with Gasteiger partial charge < -0.3 is 0 Å². The third-order valence-corrected chi connectivity index (χ3v) is 5.64. The Bertz CT molecular complexity index is 560. The second-order valence-corrected chi connectivity index (χ2v) is 8.24. The quantitative estimate of drug-likeness (QED) is 0.873. The van der Waals surface area contributed by atoms with Crippen LogP contribution in [0, 0.1) is 11.7 Å². The molecule has 5 heteroatoms. The standard InChI is InChI=1S/C16H24FNO2S/c1-13(2)9-12-21(19,20)18-16(10-3-4-11-16)14-5-7-15(17)8-6-14/h5-8,13,18H,3-4,9-12H2,1-2H3. The Balaban J connectivity index is 2.21. The van der Waals surface area contributed by atoms with E-state index in [0.29, 0.717) is 12.3 Å². The molecule has 0 bridgehead atoms. The maximum atomic E-state index is 13.1. The molecule has 0 saturated heterocycles. The molecular weight excluding hydrogens is 289 g/mol. The molecule has 0 radical (unpaired) electrons. The molecule has 0 unspecified atom stereocenters. The van der Waals surface area contributed by atoms with E-state index in [1.807, 2.05) is 13.8 Å². The van der Waals surface area contributed by atoms with Gasteiger partial charge in [-0.05, 0) is 42.9 Å². The van der Waals surface area contributed by atoms with Crippen molar-refractivity contribution in [2.24, 2.45) is 5.92 Å². The molecule has 1 aromatic carbocycles. The summed E-state index contributed by atoms with van der Waals surface area (Å²) >= 11 is 0. The molecule has 0 aromatic heterocycles. The summed E-state index contributed by atoms with van der Waals surface area (Å²) in [5, 5.41) is 0. The van der Waals surface area contributed by atoms with E-state index in [4.69, 9.17) is 0 Å². The highest BCUT2D eigenvalue weighted by molar-refractivity contribution is 7.89. The van der Waals surface area contributed by atoms with Crippen LogP contribution in [0.2, 0.25) is 0 Å². The molecule has 2 rings (SSSR count). The van der Waals surface area contributed by atoms with Crippen LogP contribution in [-0.4, -0.2) is 14.2 Å². The van der Waals surface area contributed by atoms with Crippen molar-refractivity contribution in [3.8, 4) is 0 Å². The molecule has 0 atom stereocenters. The maximum absolute atomic E-state index is 13.1. The van der Waals surface area contributed by atoms with Crippen molar-refractivity contribution in [2.45, 2.75) is 51.5 Å². The van der Waals surface area contributed by atoms with Gasteiger partial charge in [-0.15, -0.1) is 0 Å². The lowest BCUT2D eigenvalue weighted by Gasteiger charge is -2.31. The van der Waals surface area contributed by atoms with Gasteiger partial charge in [0.1, 0.15) is 5.82 Å². The van der Waals surface area contributed by atoms with Gasteiger partial charge >= 0.3 is 0 Å². The molecule has 0 spiro atoms. The van der Waals surface area contributed by atoms with Gasteiger partial charge in [0.05, 0.1) is 11.3 Å². The van der Waals surface area contributed by atoms with E-state index in [9.17, 15) is 12.8 Å². The van der Waals surface area contributed by atoms with Crippen molar-refractivity contribution in [3.63, 3.8) is 0 Å². The van der Waals surface area contributed by atoms with Crippen LogP contribution in [0.15, 0.2) is 24.3 Å². The molecule has 118 valence electrons. The molecule has 1 saturated carbocycles. The lowest BCUT2D eigenvalue weighted by atomic mass is 9.89. The highest BCUT2D eigenvalue weighted by Gasteiger charge is 2.38. The molecule has 21 heavy (non-hydrogen) atoms. The first kappa shape index (κ1) is 16.4. The summed E-state index contributed by atoms with van der Waals surface area (Å²) in [6, 6.07) is 6.20. The minimum atomic E-state index is -3.32. The van der Waals surface area contributed by atoms with Crippen molar-refractivity contribution in [2.75, 3.05) is 5.75 Å². The third kappa shape index (κ3) is 4.27. The van der Waals surface area contributed by atoms with Crippen LogP contribution < -0.4 is 4.72 Å². The Kier molecular flexibility index (Phi) is 5.04. The normalized spacial score (nSPS) is 18.3. The number of hydrogen-bond acceptors (Lipinski definition) is 2. The molecule has 1 fully saturated rings. The maximum Gasteiger partial charge on any atom is 0.212 e. The van der Waals surface area contributed by atoms with Gasteiger partial charge in [0.2, 0.25) is 10.0 Å². The summed E-state index contributed by atoms with van der Waals surface area (Å²) in [4.78, 5) is 0. The van der Waals surface area contributed by atoms with Crippen molar-refractivity contribution in [1.82, 2.24) is 4.72 Å². The topological polar surface area (TPSA) is 46.2 Å². The second-order valence-electron chi connectivity index (χ2n) is 6.40. The van der Waals surface area contributed by atoms with E-state index in [0.717, 1.165) is 31.2 Å². The fourth-order valence-electron chi connectivity index (χ4n) is 2.94. The summed E-state index contributed by atoms with van der Waals surface area (Å²) in [5.74, 6) is 0.203. The number of rotatable bonds is 6. The molecule has 0 amide bonds. The molecule has 1 aromatic rings. The Labute approximate surface area is 127 Å². The summed E-state index contributed by atoms with van der Waals surface area (Å²) in [7, 11) is -3.32. The van der Waals surface area contributed by atoms with Gasteiger partial charge in [-0.2, -0.15) is 0 Å². The van der Waals surface area contributed by atoms with Crippen LogP contribution in [0.3, 0.4) is 0 Å². The average Bonchev–Trinajstić information content (AvgIpc) is 2.86. The zero-order valence-electron chi connectivity index (χ0n) is 12.7. The number of halogens is 1. The van der Waals surface area contributed by atoms with E-state index >= 15 is 0 Å². The zero-order chi connectivity index (χ0) is 15.5. The minimum absolute atomic E-state index is 0.146. The lowest BCUT2D eigenvalue weighted by molar-refractivity contribution is 0.402. The average molecular weight is 313 g/mol. The van der Waals surface area contributed by atoms with Gasteiger partial charge in [-0.3, -0.25) is 0 Å². The zero-order valence-corrected chi connectivity index (χ0v) is 13.5. The smallest absolute Gasteiger partial charge is 0.212 e. The van der Waals surface area contributed by atoms with Gasteiger partial charge in [0.15, 0.2) is 0 Å². The molecule has 1 N–H and O–H groups in total. The number of sulfonamides is 1. The fourth-order valence-corrected chi connectivity index (χ4v) is 4.74. The first-order valence-electron chi connectivity index (χ1n) is 7.61. The van der Waals surface area contributed by atoms with Gasteiger partial charge in [-0.1, -0.05) is 38.8 Å². The van der Waals surface area contributed by atoms with E-state index in [1.165, 1.54) is 12.1 Å². The largest absolute Gasteiger partial charge is 0.212 e. The minimum Gasteiger partial charge on any atom is -0.212 e. The molecule has 0 aliphatic heterocycles. The summed E-state index contributed by atoms with van der Waals surface area (Å²) < 4.78 is 40.7. The van der Waals surface area contributed by atoms with Crippen molar-refractivity contribution >= 4 is 10.0 Å². The van der Waals surface area contributed by atoms with Crippen LogP contribution in [-0.2, 0) is 15.6 Å². The van der Waals surface area contributed by atoms with Gasteiger partial charge in [0, 0.05) is 0 Å². The molecule has 1 aliphatic carbocycles. The monoisotopic (exact) mass is 313 g/mol. The van der Waals surface area contributed by atoms with E-state index in [-0.39, 0.29) is 11.6 Å². The first-order chi connectivity index (χ1) is 9.83. The van der Waals surface area contributed by atoms with E-state index in [2.05, 4.69) is 4.72 Å². The number of hydrogen-bond donors (Lipinski definition) is 1. The Morgan fingerprint density at radius 2 is 1.76 bits per heavy atom. The van der Waals surface area contributed by atoms with Crippen LogP contribution >= 0.6 is 0 Å². The van der Waals surface area contributed by atoms with Crippen LogP contribution in [0.5, 0.6) is 0 Å². The Morgan fingerprint density at radius 1 is 1.19 bits per heavy atom. The second kappa shape index (κ2) is 6.44. The fraction of sp³-hybridized carbons (Fsp3) is 0.625. The van der Waals surface area contributed by atoms with Gasteiger partial charge in [-0.25, -0.2) is 17.5 Å². The first-order valence-corrected chi connectivity index (χ1v) is 9.26. The highest BCUT2D eigenvalue weighted by Crippen LogP contribution is 2.39. The van der Waals surface area contributed by atoms with Crippen molar-refractivity contribution in [3.05, 3.63) is 35.6 Å². The predicted molar refractivity (Wildman–Crippen MR) is 82.9 cm³/mol. The number of nitrogens with one attached hydrogen (secondary N) is 1. The van der Waals surface area contributed by atoms with Crippen molar-refractivity contribution < 1.29 is 12.8 Å². The van der Waals surface area contributed by atoms with E-state index < -0.39 is 15.6 Å². The van der Waals surface area contributed by atoms with Gasteiger partial charge in [0.25, 0.3) is 0 Å². The summed E-state index contributed by atoms with van der Waals surface area (Å²) in [6.45, 7) is 4.03. The van der Waals surface area contributed by atoms with Crippen molar-refractivity contribution in [1.29, 1.82) is 0 Å². The molecule has 1 aliphatic rings. The number of benzene rings is 1. The molecule has 3 nitrogen and oxygen atoms in total. The lowest BCUT2D eigenvalue weighted by Crippen LogP contribution is -2.44. The predicted octanol–water partition coefficient (Wildman–Crippen LogP) is 3.56. The van der Waals surface area contributed by atoms with Crippen LogP contribution in [0.1, 0.15) is 51.5 Å². The van der Waals surface area contributed by atoms with Crippen LogP contribution in [0.4, 0.5) is 4.39 Å². The third-order valence-electron chi connectivity index (χ3n) is 4.17. The van der Waals surface area contributed by atoms with E-state index in [1.54, 1.807) is 12.1 Å².